The van der Waals surface area contributed by atoms with Crippen molar-refractivity contribution in [2.75, 3.05) is 11.1 Å². The van der Waals surface area contributed by atoms with Gasteiger partial charge in [-0.05, 0) is 38.3 Å². The lowest BCUT2D eigenvalue weighted by atomic mass is 10.1. The Morgan fingerprint density at radius 3 is 2.83 bits per heavy atom. The average Bonchev–Trinajstić information content (AvgIpc) is 2.69. The molecule has 2 heterocycles. The fourth-order valence-electron chi connectivity index (χ4n) is 2.08. The number of hydrogen-bond acceptors (Lipinski definition) is 4. The molecule has 0 amide bonds. The first kappa shape index (κ1) is 13.4. The number of nitrogens with one attached hydrogen (secondary N) is 1. The van der Waals surface area contributed by atoms with Crippen LogP contribution in [0.2, 0.25) is 0 Å². The normalized spacial score (nSPS) is 19.2. The monoisotopic (exact) mass is 263 g/mol. The minimum Gasteiger partial charge on any atom is -0.333 e. The molecule has 0 aromatic carbocycles. The number of anilines is 1. The number of rotatable bonds is 3. The van der Waals surface area contributed by atoms with Gasteiger partial charge in [-0.25, -0.2) is 0 Å². The fraction of sp³-hybridized carbons (Fsp3) is 0.571. The lowest BCUT2D eigenvalue weighted by Crippen LogP contribution is -2.09. The van der Waals surface area contributed by atoms with E-state index in [9.17, 15) is 0 Å². The molecule has 0 bridgehead atoms. The Morgan fingerprint density at radius 2 is 2.17 bits per heavy atom. The fourth-order valence-corrected chi connectivity index (χ4v) is 3.05. The molecule has 0 aliphatic carbocycles. The second-order valence-corrected chi connectivity index (χ2v) is 6.25. The van der Waals surface area contributed by atoms with E-state index in [4.69, 9.17) is 4.99 Å². The molecule has 98 valence electrons. The van der Waals surface area contributed by atoms with E-state index in [0.717, 1.165) is 28.0 Å². The number of thioether (sulfide) groups is 1. The molecule has 0 spiro atoms. The maximum absolute atomic E-state index is 4.73. The van der Waals surface area contributed by atoms with Crippen LogP contribution in [0.15, 0.2) is 17.1 Å². The summed E-state index contributed by atoms with van der Waals surface area (Å²) >= 11 is 1.81. The molecule has 0 saturated heterocycles. The van der Waals surface area contributed by atoms with Gasteiger partial charge in [0, 0.05) is 11.4 Å². The number of hydrogen-bond donors (Lipinski definition) is 1. The number of nitrogens with zero attached hydrogens (tertiary/aromatic N) is 2. The van der Waals surface area contributed by atoms with E-state index < -0.39 is 0 Å². The highest BCUT2D eigenvalue weighted by atomic mass is 32.2. The number of aryl methyl sites for hydroxylation is 2. The molecule has 1 aliphatic heterocycles. The van der Waals surface area contributed by atoms with E-state index >= 15 is 0 Å². The van der Waals surface area contributed by atoms with Crippen molar-refractivity contribution in [3.05, 3.63) is 23.5 Å². The highest BCUT2D eigenvalue weighted by molar-refractivity contribution is 8.14. The standard InChI is InChI=1S/C14H21N3S/c1-9(2)7-12-8-18-14(16-12)17-13-6-5-10(3)15-11(13)4/h5-6,9,12H,7-8H2,1-4H3,(H,16,17). The maximum atomic E-state index is 4.73. The summed E-state index contributed by atoms with van der Waals surface area (Å²) in [6.45, 7) is 8.54. The minimum absolute atomic E-state index is 0.469. The molecular weight excluding hydrogens is 242 g/mol. The van der Waals surface area contributed by atoms with Crippen molar-refractivity contribution in [1.82, 2.24) is 4.98 Å². The third-order valence-corrected chi connectivity index (χ3v) is 3.95. The molecule has 4 heteroatoms. The summed E-state index contributed by atoms with van der Waals surface area (Å²) in [6.07, 6.45) is 1.17. The smallest absolute Gasteiger partial charge is 0.161 e. The minimum atomic E-state index is 0.469. The number of amidine groups is 1. The van der Waals surface area contributed by atoms with Crippen LogP contribution >= 0.6 is 11.8 Å². The molecular formula is C14H21N3S. The zero-order valence-electron chi connectivity index (χ0n) is 11.5. The van der Waals surface area contributed by atoms with Crippen LogP contribution in [0.4, 0.5) is 5.69 Å². The van der Waals surface area contributed by atoms with Crippen LogP contribution in [0.25, 0.3) is 0 Å². The van der Waals surface area contributed by atoms with Crippen LogP contribution in [0.3, 0.4) is 0 Å². The van der Waals surface area contributed by atoms with Gasteiger partial charge in [0.2, 0.25) is 0 Å². The Morgan fingerprint density at radius 1 is 1.39 bits per heavy atom. The zero-order chi connectivity index (χ0) is 13.1. The second kappa shape index (κ2) is 5.74. The summed E-state index contributed by atoms with van der Waals surface area (Å²) in [6, 6.07) is 4.58. The van der Waals surface area contributed by atoms with E-state index in [-0.39, 0.29) is 0 Å². The first-order valence-electron chi connectivity index (χ1n) is 6.46. The Hall–Kier alpha value is -1.03. The summed E-state index contributed by atoms with van der Waals surface area (Å²) in [5.41, 5.74) is 3.15. The average molecular weight is 263 g/mol. The van der Waals surface area contributed by atoms with Crippen molar-refractivity contribution < 1.29 is 0 Å². The van der Waals surface area contributed by atoms with Crippen LogP contribution in [-0.4, -0.2) is 21.9 Å². The van der Waals surface area contributed by atoms with Crippen LogP contribution < -0.4 is 5.32 Å². The van der Waals surface area contributed by atoms with Crippen LogP contribution in [0.5, 0.6) is 0 Å². The summed E-state index contributed by atoms with van der Waals surface area (Å²) in [5.74, 6) is 1.81. The summed E-state index contributed by atoms with van der Waals surface area (Å²) in [5, 5.41) is 4.43. The van der Waals surface area contributed by atoms with Gasteiger partial charge in [0.25, 0.3) is 0 Å². The molecule has 1 N–H and O–H groups in total. The lowest BCUT2D eigenvalue weighted by molar-refractivity contribution is 0.529. The van der Waals surface area contributed by atoms with Crippen LogP contribution in [-0.2, 0) is 0 Å². The zero-order valence-corrected chi connectivity index (χ0v) is 12.3. The third kappa shape index (κ3) is 3.48. The summed E-state index contributed by atoms with van der Waals surface area (Å²) in [4.78, 5) is 9.18. The predicted octanol–water partition coefficient (Wildman–Crippen LogP) is 3.63. The van der Waals surface area contributed by atoms with Gasteiger partial charge in [0.15, 0.2) is 5.17 Å². The molecule has 2 rings (SSSR count). The van der Waals surface area contributed by atoms with Crippen molar-refractivity contribution in [3.8, 4) is 0 Å². The van der Waals surface area contributed by atoms with Crippen molar-refractivity contribution >= 4 is 22.6 Å². The molecule has 0 saturated carbocycles. The van der Waals surface area contributed by atoms with Gasteiger partial charge in [-0.2, -0.15) is 0 Å². The van der Waals surface area contributed by atoms with Crippen molar-refractivity contribution in [1.29, 1.82) is 0 Å². The summed E-state index contributed by atoms with van der Waals surface area (Å²) < 4.78 is 0. The highest BCUT2D eigenvalue weighted by Crippen LogP contribution is 2.25. The van der Waals surface area contributed by atoms with Crippen LogP contribution in [0.1, 0.15) is 31.7 Å². The lowest BCUT2D eigenvalue weighted by Gasteiger charge is -2.08. The Balaban J connectivity index is 2.02. The topological polar surface area (TPSA) is 37.3 Å². The largest absolute Gasteiger partial charge is 0.333 e. The Labute approximate surface area is 113 Å². The van der Waals surface area contributed by atoms with E-state index in [2.05, 4.69) is 30.2 Å². The number of aliphatic imine (C=N–C) groups is 1. The van der Waals surface area contributed by atoms with Gasteiger partial charge >= 0.3 is 0 Å². The molecule has 1 aromatic heterocycles. The van der Waals surface area contributed by atoms with Gasteiger partial charge in [0.1, 0.15) is 0 Å². The highest BCUT2D eigenvalue weighted by Gasteiger charge is 2.19. The molecule has 1 aromatic rings. The first-order valence-corrected chi connectivity index (χ1v) is 7.45. The maximum Gasteiger partial charge on any atom is 0.161 e. The molecule has 1 aliphatic rings. The van der Waals surface area contributed by atoms with Crippen molar-refractivity contribution in [3.63, 3.8) is 0 Å². The van der Waals surface area contributed by atoms with Gasteiger partial charge in [-0.1, -0.05) is 25.6 Å². The van der Waals surface area contributed by atoms with Crippen LogP contribution in [0, 0.1) is 19.8 Å². The Bertz CT molecular complexity index is 454. The first-order chi connectivity index (χ1) is 8.54. The molecule has 0 radical (unpaired) electrons. The summed E-state index contributed by atoms with van der Waals surface area (Å²) in [7, 11) is 0. The molecule has 0 fully saturated rings. The predicted molar refractivity (Wildman–Crippen MR) is 80.5 cm³/mol. The quantitative estimate of drug-likeness (QED) is 0.905. The number of pyridine rings is 1. The van der Waals surface area contributed by atoms with Gasteiger partial charge in [-0.3, -0.25) is 9.98 Å². The third-order valence-electron chi connectivity index (χ3n) is 2.92. The van der Waals surface area contributed by atoms with Crippen molar-refractivity contribution in [2.45, 2.75) is 40.2 Å². The Kier molecular flexibility index (Phi) is 4.27. The SMILES string of the molecule is Cc1ccc(NC2=NC(CC(C)C)CS2)c(C)n1. The molecule has 18 heavy (non-hydrogen) atoms. The van der Waals surface area contributed by atoms with Gasteiger partial charge < -0.3 is 5.32 Å². The van der Waals surface area contributed by atoms with E-state index in [1.807, 2.05) is 31.7 Å². The second-order valence-electron chi connectivity index (χ2n) is 5.24. The number of aromatic nitrogens is 1. The van der Waals surface area contributed by atoms with E-state index in [1.54, 1.807) is 0 Å². The van der Waals surface area contributed by atoms with Gasteiger partial charge in [0.05, 0.1) is 17.4 Å². The molecule has 1 atom stereocenters. The van der Waals surface area contributed by atoms with Crippen molar-refractivity contribution in [2.24, 2.45) is 10.9 Å². The molecule has 1 unspecified atom stereocenters. The molecule has 3 nitrogen and oxygen atoms in total. The van der Waals surface area contributed by atoms with E-state index in [0.29, 0.717) is 12.0 Å². The van der Waals surface area contributed by atoms with E-state index in [1.165, 1.54) is 6.42 Å². The van der Waals surface area contributed by atoms with Gasteiger partial charge in [-0.15, -0.1) is 0 Å².